The van der Waals surface area contributed by atoms with Gasteiger partial charge in [-0.25, -0.2) is 0 Å². The Morgan fingerprint density at radius 3 is 2.00 bits per heavy atom. The third-order valence-corrected chi connectivity index (χ3v) is 6.88. The van der Waals surface area contributed by atoms with Gasteiger partial charge in [-0.05, 0) is 60.4 Å². The smallest absolute Gasteiger partial charge is 0.258 e. The van der Waals surface area contributed by atoms with E-state index in [0.717, 1.165) is 29.2 Å². The number of carbonyl (C=O) groups is 1. The van der Waals surface area contributed by atoms with Crippen molar-refractivity contribution in [2.45, 2.75) is 25.4 Å². The second-order valence-electron chi connectivity index (χ2n) is 9.11. The van der Waals surface area contributed by atoms with Gasteiger partial charge in [0.1, 0.15) is 30.4 Å². The maximum absolute atomic E-state index is 13.8. The zero-order valence-electron chi connectivity index (χ0n) is 21.1. The molecule has 1 N–H and O–H groups in total. The van der Waals surface area contributed by atoms with Gasteiger partial charge >= 0.3 is 0 Å². The van der Waals surface area contributed by atoms with E-state index >= 15 is 0 Å². The highest BCUT2D eigenvalue weighted by Gasteiger charge is 2.44. The highest BCUT2D eigenvalue weighted by atomic mass is 16.5. The van der Waals surface area contributed by atoms with Crippen LogP contribution in [0.3, 0.4) is 0 Å². The lowest BCUT2D eigenvalue weighted by Crippen LogP contribution is -2.57. The summed E-state index contributed by atoms with van der Waals surface area (Å²) in [7, 11) is 0. The standard InChI is InChI=1S/C32H32N2O3/c1-2-32(26-17-19-28(20-18-26)37-24-23-36-27-13-7-4-8-14-27)33-30-16-10-9-15-29(30)31(35)34(32)22-21-25-11-5-3-6-12-25/h3-20,33H,2,21-24H2,1H3. The maximum Gasteiger partial charge on any atom is 0.258 e. The van der Waals surface area contributed by atoms with Gasteiger partial charge in [-0.1, -0.05) is 79.7 Å². The summed E-state index contributed by atoms with van der Waals surface area (Å²) < 4.78 is 11.6. The highest BCUT2D eigenvalue weighted by Crippen LogP contribution is 2.40. The minimum Gasteiger partial charge on any atom is -0.490 e. The number of amides is 1. The van der Waals surface area contributed by atoms with Crippen molar-refractivity contribution in [2.24, 2.45) is 0 Å². The quantitative estimate of drug-likeness (QED) is 0.256. The van der Waals surface area contributed by atoms with E-state index in [-0.39, 0.29) is 5.91 Å². The Balaban J connectivity index is 1.35. The number of ether oxygens (including phenoxy) is 2. The Bertz CT molecular complexity index is 1310. The molecule has 5 rings (SSSR count). The number of nitrogens with one attached hydrogen (secondary N) is 1. The molecule has 1 aliphatic heterocycles. The molecule has 0 bridgehead atoms. The van der Waals surface area contributed by atoms with Crippen LogP contribution in [0.2, 0.25) is 0 Å². The molecule has 5 heteroatoms. The summed E-state index contributed by atoms with van der Waals surface area (Å²) in [6.07, 6.45) is 1.49. The lowest BCUT2D eigenvalue weighted by molar-refractivity contribution is 0.0487. The van der Waals surface area contributed by atoms with Gasteiger partial charge in [-0.3, -0.25) is 4.79 Å². The SMILES string of the molecule is CCC1(c2ccc(OCCOc3ccccc3)cc2)Nc2ccccc2C(=O)N1CCc1ccccc1. The highest BCUT2D eigenvalue weighted by molar-refractivity contribution is 6.02. The predicted octanol–water partition coefficient (Wildman–Crippen LogP) is 6.52. The molecule has 0 aliphatic carbocycles. The predicted molar refractivity (Wildman–Crippen MR) is 147 cm³/mol. The van der Waals surface area contributed by atoms with Crippen molar-refractivity contribution >= 4 is 11.6 Å². The minimum atomic E-state index is -0.658. The molecule has 1 aliphatic rings. The second kappa shape index (κ2) is 11.2. The number of hydrogen-bond acceptors (Lipinski definition) is 4. The first-order chi connectivity index (χ1) is 18.2. The Morgan fingerprint density at radius 1 is 0.730 bits per heavy atom. The molecule has 5 nitrogen and oxygen atoms in total. The fourth-order valence-corrected chi connectivity index (χ4v) is 4.94. The van der Waals surface area contributed by atoms with Crippen LogP contribution in [0.4, 0.5) is 5.69 Å². The summed E-state index contributed by atoms with van der Waals surface area (Å²) in [6, 6.07) is 35.8. The zero-order valence-corrected chi connectivity index (χ0v) is 21.1. The fraction of sp³-hybridized carbons (Fsp3) is 0.219. The van der Waals surface area contributed by atoms with Crippen LogP contribution in [0, 0.1) is 0 Å². The number of rotatable bonds is 10. The zero-order chi connectivity index (χ0) is 25.5. The molecule has 1 atom stereocenters. The van der Waals surface area contributed by atoms with E-state index in [9.17, 15) is 4.79 Å². The number of anilines is 1. The largest absolute Gasteiger partial charge is 0.490 e. The molecular formula is C32H32N2O3. The van der Waals surface area contributed by atoms with Crippen LogP contribution in [0.5, 0.6) is 11.5 Å². The summed E-state index contributed by atoms with van der Waals surface area (Å²) in [5, 5.41) is 3.73. The van der Waals surface area contributed by atoms with E-state index in [4.69, 9.17) is 9.47 Å². The van der Waals surface area contributed by atoms with Gasteiger partial charge < -0.3 is 19.7 Å². The average molecular weight is 493 g/mol. The second-order valence-corrected chi connectivity index (χ2v) is 9.11. The van der Waals surface area contributed by atoms with Crippen molar-refractivity contribution in [3.8, 4) is 11.5 Å². The Kier molecular flexibility index (Phi) is 7.41. The van der Waals surface area contributed by atoms with Gasteiger partial charge in [0.05, 0.1) is 5.56 Å². The fourth-order valence-electron chi connectivity index (χ4n) is 4.94. The summed E-state index contributed by atoms with van der Waals surface area (Å²) in [4.78, 5) is 15.8. The van der Waals surface area contributed by atoms with Crippen LogP contribution in [-0.2, 0) is 12.1 Å². The van der Waals surface area contributed by atoms with Crippen LogP contribution in [0.25, 0.3) is 0 Å². The first-order valence-electron chi connectivity index (χ1n) is 12.8. The van der Waals surface area contributed by atoms with Crippen molar-refractivity contribution in [1.82, 2.24) is 4.90 Å². The minimum absolute atomic E-state index is 0.0468. The molecule has 0 saturated heterocycles. The lowest BCUT2D eigenvalue weighted by atomic mass is 9.89. The first kappa shape index (κ1) is 24.4. The number of carbonyl (C=O) groups excluding carboxylic acids is 1. The van der Waals surface area contributed by atoms with Gasteiger partial charge in [0.2, 0.25) is 0 Å². The summed E-state index contributed by atoms with van der Waals surface area (Å²) in [5.41, 5.74) is 3.15. The topological polar surface area (TPSA) is 50.8 Å². The lowest BCUT2D eigenvalue weighted by Gasteiger charge is -2.48. The van der Waals surface area contributed by atoms with Gasteiger partial charge in [0.25, 0.3) is 5.91 Å². The molecule has 0 spiro atoms. The normalized spacial score (nSPS) is 16.6. The van der Waals surface area contributed by atoms with Crippen LogP contribution in [-0.4, -0.2) is 30.6 Å². The van der Waals surface area contributed by atoms with E-state index in [2.05, 4.69) is 36.5 Å². The van der Waals surface area contributed by atoms with Crippen molar-refractivity contribution in [3.63, 3.8) is 0 Å². The Morgan fingerprint density at radius 2 is 1.32 bits per heavy atom. The molecule has 1 unspecified atom stereocenters. The molecule has 0 fully saturated rings. The summed E-state index contributed by atoms with van der Waals surface area (Å²) in [5.74, 6) is 1.64. The van der Waals surface area contributed by atoms with Gasteiger partial charge in [-0.2, -0.15) is 0 Å². The van der Waals surface area contributed by atoms with Gasteiger partial charge in [-0.15, -0.1) is 0 Å². The first-order valence-corrected chi connectivity index (χ1v) is 12.8. The Labute approximate surface area is 218 Å². The summed E-state index contributed by atoms with van der Waals surface area (Å²) >= 11 is 0. The molecule has 37 heavy (non-hydrogen) atoms. The number of para-hydroxylation sites is 2. The molecular weight excluding hydrogens is 460 g/mol. The maximum atomic E-state index is 13.8. The number of benzene rings is 4. The molecule has 4 aromatic rings. The number of fused-ring (bicyclic) bond motifs is 1. The molecule has 188 valence electrons. The van der Waals surface area contributed by atoms with Crippen LogP contribution in [0.15, 0.2) is 109 Å². The van der Waals surface area contributed by atoms with Crippen molar-refractivity contribution < 1.29 is 14.3 Å². The van der Waals surface area contributed by atoms with E-state index in [1.807, 2.05) is 89.8 Å². The van der Waals surface area contributed by atoms with Crippen molar-refractivity contribution in [2.75, 3.05) is 25.1 Å². The third kappa shape index (κ3) is 5.31. The number of hydrogen-bond donors (Lipinski definition) is 1. The van der Waals surface area contributed by atoms with E-state index in [1.165, 1.54) is 5.56 Å². The van der Waals surface area contributed by atoms with E-state index in [1.54, 1.807) is 0 Å². The summed E-state index contributed by atoms with van der Waals surface area (Å²) in [6.45, 7) is 3.63. The molecule has 1 heterocycles. The average Bonchev–Trinajstić information content (AvgIpc) is 2.96. The molecule has 0 radical (unpaired) electrons. The molecule has 1 amide bonds. The van der Waals surface area contributed by atoms with Crippen LogP contribution in [0.1, 0.15) is 34.8 Å². The van der Waals surface area contributed by atoms with Crippen molar-refractivity contribution in [1.29, 1.82) is 0 Å². The van der Waals surface area contributed by atoms with E-state index < -0.39 is 5.66 Å². The number of nitrogens with zero attached hydrogens (tertiary/aromatic N) is 1. The van der Waals surface area contributed by atoms with Gasteiger partial charge in [0, 0.05) is 12.2 Å². The van der Waals surface area contributed by atoms with E-state index in [0.29, 0.717) is 31.7 Å². The van der Waals surface area contributed by atoms with Crippen LogP contribution >= 0.6 is 0 Å². The van der Waals surface area contributed by atoms with Crippen molar-refractivity contribution in [3.05, 3.63) is 126 Å². The molecule has 0 saturated carbocycles. The Hall–Kier alpha value is -4.25. The van der Waals surface area contributed by atoms with Crippen LogP contribution < -0.4 is 14.8 Å². The molecule has 0 aromatic heterocycles. The van der Waals surface area contributed by atoms with Gasteiger partial charge in [0.15, 0.2) is 0 Å². The molecule has 4 aromatic carbocycles. The monoisotopic (exact) mass is 492 g/mol. The third-order valence-electron chi connectivity index (χ3n) is 6.88.